The average Bonchev–Trinajstić information content (AvgIpc) is 2.83. The quantitative estimate of drug-likeness (QED) is 0.723. The summed E-state index contributed by atoms with van der Waals surface area (Å²) in [7, 11) is 0. The maximum absolute atomic E-state index is 4.34. The number of hydrogen-bond acceptors (Lipinski definition) is 5. The zero-order valence-electron chi connectivity index (χ0n) is 10.3. The molecule has 0 amide bonds. The predicted octanol–water partition coefficient (Wildman–Crippen LogP) is 0.789. The van der Waals surface area contributed by atoms with E-state index in [1.54, 1.807) is 12.7 Å². The van der Waals surface area contributed by atoms with Crippen LogP contribution in [0.25, 0.3) is 11.2 Å². The van der Waals surface area contributed by atoms with Crippen LogP contribution in [0.3, 0.4) is 0 Å². The fourth-order valence-electron chi connectivity index (χ4n) is 1.80. The predicted molar refractivity (Wildman–Crippen MR) is 68.1 cm³/mol. The Morgan fingerprint density at radius 2 is 2.18 bits per heavy atom. The number of anilines is 1. The Kier molecular flexibility index (Phi) is 3.87. The Morgan fingerprint density at radius 1 is 1.29 bits per heavy atom. The summed E-state index contributed by atoms with van der Waals surface area (Å²) in [5.41, 5.74) is 1.63. The van der Waals surface area contributed by atoms with Crippen LogP contribution in [0.2, 0.25) is 0 Å². The van der Waals surface area contributed by atoms with Gasteiger partial charge in [-0.05, 0) is 13.5 Å². The highest BCUT2D eigenvalue weighted by Gasteiger charge is 2.11. The molecule has 2 rings (SSSR count). The smallest absolute Gasteiger partial charge is 0.182 e. The highest BCUT2D eigenvalue weighted by Crippen LogP contribution is 2.18. The molecule has 0 unspecified atom stereocenters. The maximum atomic E-state index is 4.34. The van der Waals surface area contributed by atoms with Gasteiger partial charge in [-0.25, -0.2) is 15.0 Å². The summed E-state index contributed by atoms with van der Waals surface area (Å²) in [6, 6.07) is 0. The Hall–Kier alpha value is -1.69. The van der Waals surface area contributed by atoms with E-state index in [-0.39, 0.29) is 0 Å². The van der Waals surface area contributed by atoms with Crippen molar-refractivity contribution in [2.45, 2.75) is 13.8 Å². The molecule has 92 valence electrons. The summed E-state index contributed by atoms with van der Waals surface area (Å²) in [5.74, 6) is 0.924. The molecule has 2 aromatic heterocycles. The summed E-state index contributed by atoms with van der Waals surface area (Å²) in [6.07, 6.45) is 3.22. The molecule has 0 bridgehead atoms. The van der Waals surface area contributed by atoms with E-state index in [0.29, 0.717) is 0 Å². The third-order valence-electron chi connectivity index (χ3n) is 2.69. The zero-order chi connectivity index (χ0) is 12.1. The number of rotatable bonds is 6. The van der Waals surface area contributed by atoms with Gasteiger partial charge < -0.3 is 15.2 Å². The van der Waals surface area contributed by atoms with E-state index in [4.69, 9.17) is 0 Å². The Bertz CT molecular complexity index is 466. The van der Waals surface area contributed by atoms with Gasteiger partial charge in [0.15, 0.2) is 11.5 Å². The van der Waals surface area contributed by atoms with Crippen LogP contribution < -0.4 is 10.2 Å². The molecule has 17 heavy (non-hydrogen) atoms. The van der Waals surface area contributed by atoms with E-state index in [0.717, 1.165) is 43.2 Å². The summed E-state index contributed by atoms with van der Waals surface area (Å²) < 4.78 is 0. The normalized spacial score (nSPS) is 10.9. The van der Waals surface area contributed by atoms with Crippen LogP contribution in [-0.4, -0.2) is 46.1 Å². The highest BCUT2D eigenvalue weighted by atomic mass is 15.2. The molecule has 0 aliphatic carbocycles. The van der Waals surface area contributed by atoms with Crippen LogP contribution in [0.1, 0.15) is 13.8 Å². The molecule has 0 radical (unpaired) electrons. The molecule has 0 saturated heterocycles. The van der Waals surface area contributed by atoms with Gasteiger partial charge in [0.1, 0.15) is 11.8 Å². The number of imidazole rings is 1. The monoisotopic (exact) mass is 234 g/mol. The van der Waals surface area contributed by atoms with Crippen LogP contribution in [0.5, 0.6) is 0 Å². The number of fused-ring (bicyclic) bond motifs is 1. The van der Waals surface area contributed by atoms with Gasteiger partial charge in [-0.2, -0.15) is 0 Å². The van der Waals surface area contributed by atoms with E-state index in [2.05, 4.69) is 44.0 Å². The molecule has 0 atom stereocenters. The van der Waals surface area contributed by atoms with Gasteiger partial charge in [-0.1, -0.05) is 6.92 Å². The fraction of sp³-hybridized carbons (Fsp3) is 0.545. The lowest BCUT2D eigenvalue weighted by molar-refractivity contribution is 0.684. The van der Waals surface area contributed by atoms with Crippen molar-refractivity contribution < 1.29 is 0 Å². The maximum Gasteiger partial charge on any atom is 0.182 e. The minimum atomic E-state index is 0.719. The SMILES string of the molecule is CCNCCN(CC)c1ncnc2nc[nH]c12. The number of H-pyrrole nitrogens is 1. The van der Waals surface area contributed by atoms with Gasteiger partial charge in [0.25, 0.3) is 0 Å². The molecule has 0 aromatic carbocycles. The van der Waals surface area contributed by atoms with E-state index < -0.39 is 0 Å². The van der Waals surface area contributed by atoms with Crippen LogP contribution in [-0.2, 0) is 0 Å². The van der Waals surface area contributed by atoms with Crippen molar-refractivity contribution in [1.82, 2.24) is 25.3 Å². The Balaban J connectivity index is 2.20. The van der Waals surface area contributed by atoms with Crippen LogP contribution in [0.15, 0.2) is 12.7 Å². The van der Waals surface area contributed by atoms with E-state index in [1.807, 2.05) is 0 Å². The lowest BCUT2D eigenvalue weighted by Gasteiger charge is -2.22. The molecule has 0 fully saturated rings. The van der Waals surface area contributed by atoms with Crippen molar-refractivity contribution in [3.05, 3.63) is 12.7 Å². The topological polar surface area (TPSA) is 69.7 Å². The van der Waals surface area contributed by atoms with Gasteiger partial charge >= 0.3 is 0 Å². The lowest BCUT2D eigenvalue weighted by Crippen LogP contribution is -2.32. The molecule has 6 heteroatoms. The zero-order valence-corrected chi connectivity index (χ0v) is 10.3. The number of aromatic nitrogens is 4. The lowest BCUT2D eigenvalue weighted by atomic mass is 10.4. The second-order valence-corrected chi connectivity index (χ2v) is 3.73. The van der Waals surface area contributed by atoms with E-state index >= 15 is 0 Å². The average molecular weight is 234 g/mol. The van der Waals surface area contributed by atoms with Gasteiger partial charge in [0.05, 0.1) is 6.33 Å². The standard InChI is InChI=1S/C11H18N6/c1-3-12-5-6-17(4-2)11-9-10(14-7-13-9)15-8-16-11/h7-8,12H,3-6H2,1-2H3,(H,13,14,15,16). The number of nitrogens with one attached hydrogen (secondary N) is 2. The van der Waals surface area contributed by atoms with Crippen molar-refractivity contribution in [3.8, 4) is 0 Å². The fourth-order valence-corrected chi connectivity index (χ4v) is 1.80. The molecule has 0 aliphatic heterocycles. The molecule has 6 nitrogen and oxygen atoms in total. The first-order valence-electron chi connectivity index (χ1n) is 5.96. The molecule has 2 aromatic rings. The second kappa shape index (κ2) is 5.58. The largest absolute Gasteiger partial charge is 0.354 e. The van der Waals surface area contributed by atoms with Gasteiger partial charge in [-0.3, -0.25) is 0 Å². The van der Waals surface area contributed by atoms with Crippen molar-refractivity contribution in [1.29, 1.82) is 0 Å². The molecule has 0 aliphatic rings. The number of nitrogens with zero attached hydrogens (tertiary/aromatic N) is 4. The summed E-state index contributed by atoms with van der Waals surface area (Å²) in [5, 5.41) is 3.31. The molecule has 0 saturated carbocycles. The highest BCUT2D eigenvalue weighted by molar-refractivity contribution is 5.82. The van der Waals surface area contributed by atoms with Crippen LogP contribution in [0.4, 0.5) is 5.82 Å². The van der Waals surface area contributed by atoms with Crippen LogP contribution >= 0.6 is 0 Å². The van der Waals surface area contributed by atoms with Crippen molar-refractivity contribution in [2.24, 2.45) is 0 Å². The molecular weight excluding hydrogens is 216 g/mol. The van der Waals surface area contributed by atoms with Gasteiger partial charge in [0, 0.05) is 19.6 Å². The van der Waals surface area contributed by atoms with Crippen LogP contribution in [0, 0.1) is 0 Å². The Labute approximate surface area is 100 Å². The minimum absolute atomic E-state index is 0.719. The van der Waals surface area contributed by atoms with Gasteiger partial charge in [0.2, 0.25) is 0 Å². The van der Waals surface area contributed by atoms with E-state index in [1.165, 1.54) is 0 Å². The van der Waals surface area contributed by atoms with Gasteiger partial charge in [-0.15, -0.1) is 0 Å². The summed E-state index contributed by atoms with van der Waals surface area (Å²) in [6.45, 7) is 8.00. The van der Waals surface area contributed by atoms with Crippen molar-refractivity contribution >= 4 is 17.0 Å². The molecule has 2 N–H and O–H groups in total. The number of hydrogen-bond donors (Lipinski definition) is 2. The first-order chi connectivity index (χ1) is 8.36. The Morgan fingerprint density at radius 3 is 2.94 bits per heavy atom. The van der Waals surface area contributed by atoms with Crippen molar-refractivity contribution in [3.63, 3.8) is 0 Å². The molecule has 2 heterocycles. The third kappa shape index (κ3) is 2.52. The number of aromatic amines is 1. The minimum Gasteiger partial charge on any atom is -0.354 e. The summed E-state index contributed by atoms with van der Waals surface area (Å²) >= 11 is 0. The molecular formula is C11H18N6. The third-order valence-corrected chi connectivity index (χ3v) is 2.69. The molecule has 0 spiro atoms. The van der Waals surface area contributed by atoms with Crippen molar-refractivity contribution in [2.75, 3.05) is 31.1 Å². The second-order valence-electron chi connectivity index (χ2n) is 3.73. The number of likely N-dealkylation sites (N-methyl/N-ethyl adjacent to an activating group) is 2. The summed E-state index contributed by atoms with van der Waals surface area (Å²) in [4.78, 5) is 17.9. The van der Waals surface area contributed by atoms with E-state index in [9.17, 15) is 0 Å². The first kappa shape index (κ1) is 11.8. The first-order valence-corrected chi connectivity index (χ1v) is 5.96.